The van der Waals surface area contributed by atoms with Gasteiger partial charge in [0.15, 0.2) is 0 Å². The number of fused-ring (bicyclic) bond motifs is 1. The van der Waals surface area contributed by atoms with Crippen LogP contribution in [0, 0.1) is 13.8 Å². The van der Waals surface area contributed by atoms with E-state index >= 15 is 0 Å². The van der Waals surface area contributed by atoms with Crippen molar-refractivity contribution >= 4 is 23.6 Å². The van der Waals surface area contributed by atoms with Gasteiger partial charge in [0.1, 0.15) is 5.56 Å². The molecule has 0 bridgehead atoms. The van der Waals surface area contributed by atoms with Crippen molar-refractivity contribution in [3.05, 3.63) is 85.1 Å². The lowest BCUT2D eigenvalue weighted by atomic mass is 10.0. The number of nitrogens with zero attached hydrogens (tertiary/aromatic N) is 2. The smallest absolute Gasteiger partial charge is 0.335 e. The number of aromatic nitrogens is 2. The predicted octanol–water partition coefficient (Wildman–Crippen LogP) is 3.67. The minimum absolute atomic E-state index is 0.0155. The number of hydrogen-bond acceptors (Lipinski definition) is 4. The molecule has 6 heteroatoms. The number of rotatable bonds is 3. The van der Waals surface area contributed by atoms with E-state index in [1.807, 2.05) is 38.1 Å². The second-order valence-corrected chi connectivity index (χ2v) is 7.08. The first-order valence-electron chi connectivity index (χ1n) is 9.45. The van der Waals surface area contributed by atoms with Gasteiger partial charge in [0.25, 0.3) is 5.56 Å². The Kier molecular flexibility index (Phi) is 4.54. The van der Waals surface area contributed by atoms with Crippen LogP contribution in [0.4, 0.5) is 5.69 Å². The zero-order valence-electron chi connectivity index (χ0n) is 16.5. The van der Waals surface area contributed by atoms with Gasteiger partial charge in [-0.05, 0) is 49.1 Å². The number of benzene rings is 2. The van der Waals surface area contributed by atoms with Crippen LogP contribution in [0.15, 0.2) is 51.0 Å². The highest BCUT2D eigenvalue weighted by molar-refractivity contribution is 6.21. The zero-order valence-corrected chi connectivity index (χ0v) is 16.5. The minimum Gasteiger partial charge on any atom is -0.494 e. The summed E-state index contributed by atoms with van der Waals surface area (Å²) in [5, 5.41) is 10.9. The van der Waals surface area contributed by atoms with Gasteiger partial charge in [-0.2, -0.15) is 0 Å². The molecule has 4 rings (SSSR count). The average Bonchev–Trinajstić information content (AvgIpc) is 3.11. The summed E-state index contributed by atoms with van der Waals surface area (Å²) in [4.78, 5) is 31.8. The van der Waals surface area contributed by atoms with Crippen LogP contribution < -0.4 is 11.2 Å². The third-order valence-corrected chi connectivity index (χ3v) is 5.38. The fourth-order valence-electron chi connectivity index (χ4n) is 3.61. The van der Waals surface area contributed by atoms with Crippen molar-refractivity contribution in [2.45, 2.75) is 27.2 Å². The summed E-state index contributed by atoms with van der Waals surface area (Å²) in [5.41, 5.74) is 4.63. The van der Waals surface area contributed by atoms with E-state index in [0.717, 1.165) is 38.9 Å². The van der Waals surface area contributed by atoms with Crippen LogP contribution in [0.2, 0.25) is 0 Å². The number of aromatic amines is 1. The highest BCUT2D eigenvalue weighted by Crippen LogP contribution is 2.36. The van der Waals surface area contributed by atoms with Crippen LogP contribution in [0.25, 0.3) is 17.3 Å². The van der Waals surface area contributed by atoms with Crippen LogP contribution >= 0.6 is 0 Å². The molecule has 6 nitrogen and oxygen atoms in total. The Balaban J connectivity index is 1.94. The Labute approximate surface area is 167 Å². The van der Waals surface area contributed by atoms with E-state index in [2.05, 4.69) is 16.9 Å². The van der Waals surface area contributed by atoms with E-state index in [4.69, 9.17) is 0 Å². The van der Waals surface area contributed by atoms with E-state index < -0.39 is 17.1 Å². The van der Waals surface area contributed by atoms with Crippen LogP contribution in [-0.4, -0.2) is 20.9 Å². The largest absolute Gasteiger partial charge is 0.494 e. The summed E-state index contributed by atoms with van der Waals surface area (Å²) < 4.78 is 1.13. The first-order valence-corrected chi connectivity index (χ1v) is 9.45. The number of aryl methyl sites for hydroxylation is 2. The molecule has 2 heterocycles. The van der Waals surface area contributed by atoms with Gasteiger partial charge in [-0.1, -0.05) is 37.3 Å². The second kappa shape index (κ2) is 7.05. The van der Waals surface area contributed by atoms with Gasteiger partial charge >= 0.3 is 5.69 Å². The van der Waals surface area contributed by atoms with Crippen LogP contribution in [0.5, 0.6) is 5.88 Å². The van der Waals surface area contributed by atoms with Crippen molar-refractivity contribution < 1.29 is 5.11 Å². The Morgan fingerprint density at radius 1 is 1.14 bits per heavy atom. The van der Waals surface area contributed by atoms with Crippen molar-refractivity contribution in [3.8, 4) is 11.6 Å². The number of nitrogens with one attached hydrogen (secondary N) is 1. The normalized spacial score (nSPS) is 13.8. The Morgan fingerprint density at radius 3 is 2.66 bits per heavy atom. The highest BCUT2D eigenvalue weighted by Gasteiger charge is 2.19. The molecule has 0 unspecified atom stereocenters. The molecule has 0 saturated carbocycles. The Bertz CT molecular complexity index is 1310. The van der Waals surface area contributed by atoms with E-state index in [-0.39, 0.29) is 5.56 Å². The summed E-state index contributed by atoms with van der Waals surface area (Å²) in [7, 11) is 0. The van der Waals surface area contributed by atoms with Gasteiger partial charge in [-0.25, -0.2) is 9.36 Å². The summed E-state index contributed by atoms with van der Waals surface area (Å²) in [6.45, 7) is 5.85. The van der Waals surface area contributed by atoms with Gasteiger partial charge in [0.2, 0.25) is 5.88 Å². The van der Waals surface area contributed by atoms with Crippen molar-refractivity contribution in [1.29, 1.82) is 0 Å². The molecular weight excluding hydrogens is 366 g/mol. The molecule has 2 N–H and O–H groups in total. The third kappa shape index (κ3) is 3.02. The number of para-hydroxylation sites is 1. The molecule has 0 fully saturated rings. The molecule has 29 heavy (non-hydrogen) atoms. The molecule has 0 amide bonds. The Morgan fingerprint density at radius 2 is 1.90 bits per heavy atom. The van der Waals surface area contributed by atoms with Crippen molar-refractivity contribution in [2.75, 3.05) is 0 Å². The molecule has 146 valence electrons. The van der Waals surface area contributed by atoms with E-state index in [1.54, 1.807) is 24.4 Å². The maximum atomic E-state index is 12.5. The van der Waals surface area contributed by atoms with Crippen LogP contribution in [0.3, 0.4) is 0 Å². The average molecular weight is 387 g/mol. The van der Waals surface area contributed by atoms with Crippen LogP contribution in [0.1, 0.15) is 34.7 Å². The molecule has 0 spiro atoms. The van der Waals surface area contributed by atoms with Gasteiger partial charge in [-0.15, -0.1) is 0 Å². The highest BCUT2D eigenvalue weighted by atomic mass is 16.3. The van der Waals surface area contributed by atoms with Crippen molar-refractivity contribution in [2.24, 2.45) is 4.99 Å². The van der Waals surface area contributed by atoms with Gasteiger partial charge < -0.3 is 5.11 Å². The van der Waals surface area contributed by atoms with Crippen molar-refractivity contribution in [1.82, 2.24) is 9.55 Å². The van der Waals surface area contributed by atoms with Gasteiger partial charge in [-0.3, -0.25) is 14.8 Å². The number of H-pyrrole nitrogens is 1. The minimum atomic E-state index is -0.683. The lowest BCUT2D eigenvalue weighted by Gasteiger charge is -2.14. The molecule has 3 aromatic rings. The molecule has 0 saturated heterocycles. The molecular formula is C23H21N3O3. The lowest BCUT2D eigenvalue weighted by molar-refractivity contribution is 0.429. The first kappa shape index (κ1) is 18.7. The van der Waals surface area contributed by atoms with Crippen LogP contribution in [-0.2, 0) is 6.42 Å². The topological polar surface area (TPSA) is 87.4 Å². The number of aromatic hydroxyl groups is 1. The Hall–Kier alpha value is -3.67. The first-order chi connectivity index (χ1) is 13.9. The molecule has 0 aliphatic carbocycles. The molecule has 1 aliphatic rings. The van der Waals surface area contributed by atoms with Gasteiger partial charge in [0, 0.05) is 17.4 Å². The third-order valence-electron chi connectivity index (χ3n) is 5.38. The molecule has 0 atom stereocenters. The molecule has 2 aromatic carbocycles. The fraction of sp³-hybridized carbons (Fsp3) is 0.174. The van der Waals surface area contributed by atoms with E-state index in [9.17, 15) is 14.7 Å². The lowest BCUT2D eigenvalue weighted by Crippen LogP contribution is -2.30. The SMILES string of the molecule is CCc1cccc2c1N=C/C2=C\c1c(O)n(-c2cccc(C)c2C)c(=O)[nH]c1=O. The predicted molar refractivity (Wildman–Crippen MR) is 116 cm³/mol. The van der Waals surface area contributed by atoms with E-state index in [1.165, 1.54) is 0 Å². The monoisotopic (exact) mass is 387 g/mol. The quantitative estimate of drug-likeness (QED) is 0.719. The summed E-state index contributed by atoms with van der Waals surface area (Å²) in [5.74, 6) is -0.395. The van der Waals surface area contributed by atoms with Crippen molar-refractivity contribution in [3.63, 3.8) is 0 Å². The fourth-order valence-corrected chi connectivity index (χ4v) is 3.61. The molecule has 1 aliphatic heterocycles. The number of aliphatic imine (C=N–C) groups is 1. The maximum Gasteiger partial charge on any atom is 0.335 e. The van der Waals surface area contributed by atoms with Gasteiger partial charge in [0.05, 0.1) is 11.4 Å². The summed E-state index contributed by atoms with van der Waals surface area (Å²) >= 11 is 0. The standard InChI is InChI=1S/C23H21N3O3/c1-4-15-8-6-9-17-16(12-24-20(15)17)11-18-21(27)25-23(29)26(22(18)28)19-10-5-7-13(2)14(19)3/h5-12,28H,4H2,1-3H3,(H,25,27,29)/b16-11+. The zero-order chi connectivity index (χ0) is 20.7. The maximum absolute atomic E-state index is 12.5. The number of allylic oxidation sites excluding steroid dienone is 1. The molecule has 1 aromatic heterocycles. The van der Waals surface area contributed by atoms with E-state index in [0.29, 0.717) is 11.3 Å². The second-order valence-electron chi connectivity index (χ2n) is 7.08. The summed E-state index contributed by atoms with van der Waals surface area (Å²) in [6.07, 6.45) is 4.09. The number of hydrogen-bond donors (Lipinski definition) is 2. The molecule has 0 radical (unpaired) electrons. The summed E-state index contributed by atoms with van der Waals surface area (Å²) in [6, 6.07) is 11.4.